The molecule has 18 heavy (non-hydrogen) atoms. The van der Waals surface area contributed by atoms with E-state index in [9.17, 15) is 9.90 Å². The smallest absolute Gasteiger partial charge is 0.253 e. The van der Waals surface area contributed by atoms with Crippen LogP contribution < -0.4 is 5.32 Å². The fourth-order valence-corrected chi connectivity index (χ4v) is 2.28. The summed E-state index contributed by atoms with van der Waals surface area (Å²) in [7, 11) is 1.68. The van der Waals surface area contributed by atoms with Gasteiger partial charge in [-0.15, -0.1) is 0 Å². The van der Waals surface area contributed by atoms with Gasteiger partial charge in [-0.05, 0) is 18.9 Å². The van der Waals surface area contributed by atoms with Gasteiger partial charge in [0.15, 0.2) is 0 Å². The molecule has 1 heterocycles. The number of rotatable bonds is 5. The van der Waals surface area contributed by atoms with Crippen LogP contribution in [0.5, 0.6) is 5.75 Å². The van der Waals surface area contributed by atoms with Gasteiger partial charge in [0.25, 0.3) is 5.91 Å². The number of pyridine rings is 1. The van der Waals surface area contributed by atoms with Crippen LogP contribution in [0.3, 0.4) is 0 Å². The van der Waals surface area contributed by atoms with Gasteiger partial charge in [-0.25, -0.2) is 0 Å². The summed E-state index contributed by atoms with van der Waals surface area (Å²) in [6, 6.07) is 1.41. The average Bonchev–Trinajstić information content (AvgIpc) is 2.32. The summed E-state index contributed by atoms with van der Waals surface area (Å²) in [6.07, 6.45) is 6.10. The second-order valence-corrected chi connectivity index (χ2v) is 4.90. The summed E-state index contributed by atoms with van der Waals surface area (Å²) in [5, 5.41) is 12.2. The Kier molecular flexibility index (Phi) is 3.81. The molecule has 5 nitrogen and oxygen atoms in total. The van der Waals surface area contributed by atoms with Gasteiger partial charge >= 0.3 is 0 Å². The van der Waals surface area contributed by atoms with Crippen LogP contribution in [0, 0.1) is 5.41 Å². The van der Waals surface area contributed by atoms with Crippen LogP contribution in [0.2, 0.25) is 0 Å². The van der Waals surface area contributed by atoms with E-state index in [1.165, 1.54) is 24.9 Å². The van der Waals surface area contributed by atoms with E-state index in [1.807, 2.05) is 0 Å². The first-order valence-electron chi connectivity index (χ1n) is 6.06. The molecule has 0 bridgehead atoms. The molecule has 1 fully saturated rings. The fraction of sp³-hybridized carbons (Fsp3) is 0.538. The summed E-state index contributed by atoms with van der Waals surface area (Å²) in [5.74, 6) is -0.210. The quantitative estimate of drug-likeness (QED) is 0.827. The Balaban J connectivity index is 1.92. The van der Waals surface area contributed by atoms with Gasteiger partial charge in [0.05, 0.1) is 18.4 Å². The van der Waals surface area contributed by atoms with Gasteiger partial charge in [-0.1, -0.05) is 6.42 Å². The van der Waals surface area contributed by atoms with E-state index >= 15 is 0 Å². The molecule has 0 spiro atoms. The first kappa shape index (κ1) is 12.8. The van der Waals surface area contributed by atoms with Gasteiger partial charge in [0.2, 0.25) is 0 Å². The Labute approximate surface area is 106 Å². The highest BCUT2D eigenvalue weighted by molar-refractivity contribution is 5.94. The molecule has 0 radical (unpaired) electrons. The number of nitrogens with one attached hydrogen (secondary N) is 1. The molecule has 1 aromatic heterocycles. The van der Waals surface area contributed by atoms with E-state index in [0.29, 0.717) is 18.7 Å². The molecule has 2 rings (SSSR count). The molecule has 1 aliphatic carbocycles. The molecular weight excluding hydrogens is 232 g/mol. The number of carbonyl (C=O) groups excluding carboxylic acids is 1. The van der Waals surface area contributed by atoms with Crippen LogP contribution in [0.25, 0.3) is 0 Å². The highest BCUT2D eigenvalue weighted by Crippen LogP contribution is 2.40. The second kappa shape index (κ2) is 5.35. The second-order valence-electron chi connectivity index (χ2n) is 4.90. The van der Waals surface area contributed by atoms with E-state index in [1.54, 1.807) is 7.11 Å². The topological polar surface area (TPSA) is 71.5 Å². The molecule has 0 aromatic carbocycles. The third kappa shape index (κ3) is 2.79. The highest BCUT2D eigenvalue weighted by Gasteiger charge is 2.37. The van der Waals surface area contributed by atoms with Crippen molar-refractivity contribution in [2.24, 2.45) is 5.41 Å². The van der Waals surface area contributed by atoms with Crippen LogP contribution in [-0.4, -0.2) is 36.3 Å². The summed E-state index contributed by atoms with van der Waals surface area (Å²) in [5.41, 5.74) is 0.469. The molecule has 2 N–H and O–H groups in total. The zero-order valence-electron chi connectivity index (χ0n) is 10.5. The number of aromatic nitrogens is 1. The molecule has 1 amide bonds. The standard InChI is InChI=1S/C13H18N2O3/c1-18-9-13(3-2-4-13)8-15-12(17)10-5-11(16)7-14-6-10/h5-7,16H,2-4,8-9H2,1H3,(H,15,17). The summed E-state index contributed by atoms with van der Waals surface area (Å²) >= 11 is 0. The van der Waals surface area contributed by atoms with Crippen molar-refractivity contribution in [2.75, 3.05) is 20.3 Å². The predicted molar refractivity (Wildman–Crippen MR) is 66.4 cm³/mol. The molecule has 0 atom stereocenters. The molecule has 5 heteroatoms. The highest BCUT2D eigenvalue weighted by atomic mass is 16.5. The SMILES string of the molecule is COCC1(CNC(=O)c2cncc(O)c2)CCC1. The van der Waals surface area contributed by atoms with Gasteiger partial charge < -0.3 is 15.2 Å². The largest absolute Gasteiger partial charge is 0.506 e. The molecule has 1 aromatic rings. The maximum Gasteiger partial charge on any atom is 0.253 e. The Morgan fingerprint density at radius 1 is 1.56 bits per heavy atom. The number of nitrogens with zero attached hydrogens (tertiary/aromatic N) is 1. The minimum atomic E-state index is -0.208. The first-order valence-corrected chi connectivity index (χ1v) is 6.06. The van der Waals surface area contributed by atoms with Crippen LogP contribution in [0.1, 0.15) is 29.6 Å². The van der Waals surface area contributed by atoms with Gasteiger partial charge in [0.1, 0.15) is 5.75 Å². The fourth-order valence-electron chi connectivity index (χ4n) is 2.28. The van der Waals surface area contributed by atoms with Crippen LogP contribution in [-0.2, 0) is 4.74 Å². The zero-order chi connectivity index (χ0) is 13.0. The number of ether oxygens (including phenoxy) is 1. The van der Waals surface area contributed by atoms with Crippen molar-refractivity contribution in [3.8, 4) is 5.75 Å². The minimum Gasteiger partial charge on any atom is -0.506 e. The Morgan fingerprint density at radius 2 is 2.33 bits per heavy atom. The van der Waals surface area contributed by atoms with E-state index in [2.05, 4.69) is 10.3 Å². The number of hydrogen-bond acceptors (Lipinski definition) is 4. The first-order chi connectivity index (χ1) is 8.65. The maximum atomic E-state index is 11.9. The number of carbonyl (C=O) groups is 1. The van der Waals surface area contributed by atoms with Crippen LogP contribution in [0.4, 0.5) is 0 Å². The van der Waals surface area contributed by atoms with Crippen molar-refractivity contribution in [3.05, 3.63) is 24.0 Å². The third-order valence-electron chi connectivity index (χ3n) is 3.47. The summed E-state index contributed by atoms with van der Waals surface area (Å²) in [6.45, 7) is 1.28. The number of hydrogen-bond donors (Lipinski definition) is 2. The monoisotopic (exact) mass is 250 g/mol. The minimum absolute atomic E-state index is 0.00195. The van der Waals surface area contributed by atoms with Crippen molar-refractivity contribution in [3.63, 3.8) is 0 Å². The van der Waals surface area contributed by atoms with Crippen molar-refractivity contribution in [1.82, 2.24) is 10.3 Å². The van der Waals surface area contributed by atoms with Crippen molar-refractivity contribution in [2.45, 2.75) is 19.3 Å². The Hall–Kier alpha value is -1.62. The Bertz CT molecular complexity index is 430. The van der Waals surface area contributed by atoms with Gasteiger partial charge in [0, 0.05) is 25.3 Å². The lowest BCUT2D eigenvalue weighted by molar-refractivity contribution is 0.0180. The summed E-state index contributed by atoms with van der Waals surface area (Å²) < 4.78 is 5.20. The molecule has 0 saturated heterocycles. The third-order valence-corrected chi connectivity index (χ3v) is 3.47. The van der Waals surface area contributed by atoms with Crippen molar-refractivity contribution >= 4 is 5.91 Å². The summed E-state index contributed by atoms with van der Waals surface area (Å²) in [4.78, 5) is 15.7. The van der Waals surface area contributed by atoms with Crippen LogP contribution >= 0.6 is 0 Å². The van der Waals surface area contributed by atoms with Crippen molar-refractivity contribution in [1.29, 1.82) is 0 Å². The average molecular weight is 250 g/mol. The molecule has 1 saturated carbocycles. The van der Waals surface area contributed by atoms with E-state index < -0.39 is 0 Å². The van der Waals surface area contributed by atoms with E-state index in [4.69, 9.17) is 4.74 Å². The molecule has 0 aliphatic heterocycles. The predicted octanol–water partition coefficient (Wildman–Crippen LogP) is 1.33. The van der Waals surface area contributed by atoms with E-state index in [-0.39, 0.29) is 17.1 Å². The van der Waals surface area contributed by atoms with Crippen LogP contribution in [0.15, 0.2) is 18.5 Å². The number of methoxy groups -OCH3 is 1. The van der Waals surface area contributed by atoms with Gasteiger partial charge in [-0.3, -0.25) is 9.78 Å². The Morgan fingerprint density at radius 3 is 2.89 bits per heavy atom. The normalized spacial score (nSPS) is 16.9. The zero-order valence-corrected chi connectivity index (χ0v) is 10.5. The number of aromatic hydroxyl groups is 1. The maximum absolute atomic E-state index is 11.9. The molecular formula is C13H18N2O3. The van der Waals surface area contributed by atoms with E-state index in [0.717, 1.165) is 12.8 Å². The number of amides is 1. The lowest BCUT2D eigenvalue weighted by Gasteiger charge is -2.41. The lowest BCUT2D eigenvalue weighted by Crippen LogP contribution is -2.45. The lowest BCUT2D eigenvalue weighted by atomic mass is 9.69. The molecule has 1 aliphatic rings. The molecule has 0 unspecified atom stereocenters. The van der Waals surface area contributed by atoms with Crippen molar-refractivity contribution < 1.29 is 14.6 Å². The molecule has 98 valence electrons. The van der Waals surface area contributed by atoms with Gasteiger partial charge in [-0.2, -0.15) is 0 Å².